The first-order valence-corrected chi connectivity index (χ1v) is 4.73. The lowest BCUT2D eigenvalue weighted by Crippen LogP contribution is -2.46. The zero-order valence-corrected chi connectivity index (χ0v) is 8.79. The highest BCUT2D eigenvalue weighted by molar-refractivity contribution is 7.13. The van der Waals surface area contributed by atoms with Crippen molar-refractivity contribution < 1.29 is 18.0 Å². The summed E-state index contributed by atoms with van der Waals surface area (Å²) in [6.07, 6.45) is -4.24. The van der Waals surface area contributed by atoms with Crippen LogP contribution in [0, 0.1) is 0 Å². The first kappa shape index (κ1) is 11.7. The second-order valence-electron chi connectivity index (χ2n) is 3.34. The molecule has 3 atom stereocenters. The van der Waals surface area contributed by atoms with Gasteiger partial charge < -0.3 is 5.32 Å². The van der Waals surface area contributed by atoms with Gasteiger partial charge in [-0.2, -0.15) is 13.2 Å². The molecule has 1 amide bonds. The maximum atomic E-state index is 11.9. The minimum atomic E-state index is -4.78. The van der Waals surface area contributed by atoms with Crippen molar-refractivity contribution in [3.8, 4) is 0 Å². The van der Waals surface area contributed by atoms with Crippen LogP contribution in [0.5, 0.6) is 0 Å². The van der Waals surface area contributed by atoms with Crippen LogP contribution in [0.2, 0.25) is 0 Å². The van der Waals surface area contributed by atoms with Crippen molar-refractivity contribution in [1.82, 2.24) is 9.99 Å². The van der Waals surface area contributed by atoms with Gasteiger partial charge in [0.2, 0.25) is 0 Å². The fourth-order valence-electron chi connectivity index (χ4n) is 1.41. The number of nitrogens with one attached hydrogen (secondary N) is 1. The maximum absolute atomic E-state index is 11.9. The molecule has 1 aliphatic rings. The van der Waals surface area contributed by atoms with Gasteiger partial charge in [0, 0.05) is 18.6 Å². The van der Waals surface area contributed by atoms with Crippen molar-refractivity contribution >= 4 is 15.3 Å². The summed E-state index contributed by atoms with van der Waals surface area (Å²) in [4.78, 5) is 10.6. The molecule has 1 heterocycles. The number of carbonyl (C=O) groups is 1. The Balaban J connectivity index is 2.50. The number of amides is 1. The molecule has 0 bridgehead atoms. The van der Waals surface area contributed by atoms with Crippen LogP contribution in [-0.2, 0) is 4.79 Å². The van der Waals surface area contributed by atoms with Gasteiger partial charge in [0.1, 0.15) is 0 Å². The third-order valence-electron chi connectivity index (χ3n) is 2.38. The van der Waals surface area contributed by atoms with E-state index in [4.69, 9.17) is 0 Å². The van der Waals surface area contributed by atoms with Crippen LogP contribution in [0.3, 0.4) is 0 Å². The standard InChI is InChI=1S/C7H12F3N2OP/c1-4-5(2-3-12(4)14)11-6(13)7(8,9)10/h4-5H,2-3,14H2,1H3,(H,11,13). The minimum Gasteiger partial charge on any atom is -0.344 e. The quantitative estimate of drug-likeness (QED) is 0.677. The van der Waals surface area contributed by atoms with Gasteiger partial charge in [-0.1, -0.05) is 9.39 Å². The van der Waals surface area contributed by atoms with Crippen molar-refractivity contribution in [2.75, 3.05) is 6.54 Å². The van der Waals surface area contributed by atoms with E-state index >= 15 is 0 Å². The lowest BCUT2D eigenvalue weighted by atomic mass is 10.1. The highest BCUT2D eigenvalue weighted by Crippen LogP contribution is 2.22. The molecule has 0 spiro atoms. The van der Waals surface area contributed by atoms with E-state index in [-0.39, 0.29) is 6.04 Å². The van der Waals surface area contributed by atoms with Crippen LogP contribution in [0.25, 0.3) is 0 Å². The molecule has 0 aliphatic carbocycles. The molecular weight excluding hydrogens is 216 g/mol. The van der Waals surface area contributed by atoms with Gasteiger partial charge in [0.25, 0.3) is 0 Å². The molecule has 3 nitrogen and oxygen atoms in total. The number of carbonyl (C=O) groups excluding carboxylic acids is 1. The molecule has 3 unspecified atom stereocenters. The summed E-state index contributed by atoms with van der Waals surface area (Å²) in [5.74, 6) is -1.85. The van der Waals surface area contributed by atoms with E-state index in [9.17, 15) is 18.0 Å². The summed E-state index contributed by atoms with van der Waals surface area (Å²) in [7, 11) is 2.43. The molecular formula is C7H12F3N2OP. The van der Waals surface area contributed by atoms with Crippen molar-refractivity contribution in [3.05, 3.63) is 0 Å². The van der Waals surface area contributed by atoms with E-state index in [1.807, 2.05) is 9.99 Å². The molecule has 1 N–H and O–H groups in total. The minimum absolute atomic E-state index is 0.0775. The third-order valence-corrected chi connectivity index (χ3v) is 3.11. The molecule has 14 heavy (non-hydrogen) atoms. The number of nitrogens with zero attached hydrogens (tertiary/aromatic N) is 1. The fourth-order valence-corrected chi connectivity index (χ4v) is 1.76. The van der Waals surface area contributed by atoms with Crippen molar-refractivity contribution in [1.29, 1.82) is 0 Å². The maximum Gasteiger partial charge on any atom is 0.471 e. The highest BCUT2D eigenvalue weighted by Gasteiger charge is 2.41. The van der Waals surface area contributed by atoms with Crippen LogP contribution in [0.15, 0.2) is 0 Å². The highest BCUT2D eigenvalue weighted by atomic mass is 31.0. The second kappa shape index (κ2) is 4.03. The van der Waals surface area contributed by atoms with E-state index in [0.29, 0.717) is 13.0 Å². The van der Waals surface area contributed by atoms with E-state index in [2.05, 4.69) is 9.39 Å². The Morgan fingerprint density at radius 1 is 1.57 bits per heavy atom. The van der Waals surface area contributed by atoms with Gasteiger partial charge in [-0.05, 0) is 13.3 Å². The van der Waals surface area contributed by atoms with Crippen LogP contribution in [0.1, 0.15) is 13.3 Å². The first-order chi connectivity index (χ1) is 6.32. The summed E-state index contributed by atoms with van der Waals surface area (Å²) in [5, 5.41) is 1.98. The number of rotatable bonds is 1. The zero-order chi connectivity index (χ0) is 10.9. The predicted molar refractivity (Wildman–Crippen MR) is 48.5 cm³/mol. The molecule has 0 radical (unpaired) electrons. The van der Waals surface area contributed by atoms with E-state index in [1.165, 1.54) is 0 Å². The SMILES string of the molecule is CC1C(NC(=O)C(F)(F)F)CCN1P. The van der Waals surface area contributed by atoms with Crippen LogP contribution in [0.4, 0.5) is 13.2 Å². The Labute approximate surface area is 82.3 Å². The zero-order valence-electron chi connectivity index (χ0n) is 7.64. The van der Waals surface area contributed by atoms with E-state index in [0.717, 1.165) is 0 Å². The predicted octanol–water partition coefficient (Wildman–Crippen LogP) is 0.918. The monoisotopic (exact) mass is 228 g/mol. The number of hydrogen-bond donors (Lipinski definition) is 1. The average Bonchev–Trinajstić information content (AvgIpc) is 2.34. The van der Waals surface area contributed by atoms with Crippen LogP contribution < -0.4 is 5.32 Å². The average molecular weight is 228 g/mol. The van der Waals surface area contributed by atoms with Crippen molar-refractivity contribution in [2.45, 2.75) is 31.6 Å². The summed E-state index contributed by atoms with van der Waals surface area (Å²) in [5.41, 5.74) is 0. The third kappa shape index (κ3) is 2.58. The number of halogens is 3. The second-order valence-corrected chi connectivity index (χ2v) is 4.01. The van der Waals surface area contributed by atoms with Gasteiger partial charge in [0.15, 0.2) is 0 Å². The molecule has 82 valence electrons. The molecule has 1 rings (SSSR count). The van der Waals surface area contributed by atoms with Gasteiger partial charge in [-0.25, -0.2) is 0 Å². The van der Waals surface area contributed by atoms with Gasteiger partial charge in [0.05, 0.1) is 0 Å². The largest absolute Gasteiger partial charge is 0.471 e. The number of hydrogen-bond acceptors (Lipinski definition) is 2. The Morgan fingerprint density at radius 2 is 2.14 bits per heavy atom. The normalized spacial score (nSPS) is 29.2. The Bertz CT molecular complexity index is 233. The number of alkyl halides is 3. The molecule has 0 aromatic rings. The molecule has 1 fully saturated rings. The Kier molecular flexibility index (Phi) is 3.37. The first-order valence-electron chi connectivity index (χ1n) is 4.21. The molecule has 1 saturated heterocycles. The molecule has 0 saturated carbocycles. The van der Waals surface area contributed by atoms with Gasteiger partial charge >= 0.3 is 12.1 Å². The lowest BCUT2D eigenvalue weighted by Gasteiger charge is -2.21. The lowest BCUT2D eigenvalue weighted by molar-refractivity contribution is -0.174. The van der Waals surface area contributed by atoms with Crippen molar-refractivity contribution in [3.63, 3.8) is 0 Å². The van der Waals surface area contributed by atoms with Gasteiger partial charge in [-0.3, -0.25) is 9.46 Å². The van der Waals surface area contributed by atoms with Crippen LogP contribution in [-0.4, -0.2) is 35.4 Å². The van der Waals surface area contributed by atoms with E-state index in [1.54, 1.807) is 6.92 Å². The van der Waals surface area contributed by atoms with Crippen molar-refractivity contribution in [2.24, 2.45) is 0 Å². The van der Waals surface area contributed by atoms with E-state index < -0.39 is 18.1 Å². The molecule has 1 aliphatic heterocycles. The Hall–Kier alpha value is -0.350. The Morgan fingerprint density at radius 3 is 2.50 bits per heavy atom. The summed E-state index contributed by atoms with van der Waals surface area (Å²) in [6, 6.07) is -0.493. The smallest absolute Gasteiger partial charge is 0.344 e. The van der Waals surface area contributed by atoms with Crippen LogP contribution >= 0.6 is 9.39 Å². The van der Waals surface area contributed by atoms with Gasteiger partial charge in [-0.15, -0.1) is 0 Å². The molecule has 7 heteroatoms. The summed E-state index contributed by atoms with van der Waals surface area (Å²) in [6.45, 7) is 2.45. The summed E-state index contributed by atoms with van der Waals surface area (Å²) < 4.78 is 37.5. The summed E-state index contributed by atoms with van der Waals surface area (Å²) >= 11 is 0. The molecule has 0 aromatic heterocycles. The fraction of sp³-hybridized carbons (Fsp3) is 0.857. The molecule has 0 aromatic carbocycles. The topological polar surface area (TPSA) is 32.3 Å².